The summed E-state index contributed by atoms with van der Waals surface area (Å²) in [6.07, 6.45) is 8.35. The van der Waals surface area contributed by atoms with E-state index in [2.05, 4.69) is 10.00 Å². The van der Waals surface area contributed by atoms with Gasteiger partial charge in [0.1, 0.15) is 11.6 Å². The van der Waals surface area contributed by atoms with E-state index in [1.807, 2.05) is 40.7 Å². The number of carbonyl (C=O) groups excluding carboxylic acids is 1. The number of fused-ring (bicyclic) bond motifs is 3. The summed E-state index contributed by atoms with van der Waals surface area (Å²) in [5.41, 5.74) is 1.29. The van der Waals surface area contributed by atoms with Crippen molar-refractivity contribution in [2.24, 2.45) is 7.05 Å². The minimum Gasteiger partial charge on any atom is -0.338 e. The maximum absolute atomic E-state index is 13.5. The first-order valence-electron chi connectivity index (χ1n) is 11.5. The predicted molar refractivity (Wildman–Crippen MR) is 122 cm³/mol. The molecule has 0 spiro atoms. The lowest BCUT2D eigenvalue weighted by Crippen LogP contribution is -2.53. The quantitative estimate of drug-likeness (QED) is 0.652. The molecule has 31 heavy (non-hydrogen) atoms. The molecule has 3 heterocycles. The molecule has 0 radical (unpaired) electrons. The molecule has 0 bridgehead atoms. The summed E-state index contributed by atoms with van der Waals surface area (Å²) >= 11 is 0. The van der Waals surface area contributed by atoms with Gasteiger partial charge in [-0.2, -0.15) is 5.10 Å². The Morgan fingerprint density at radius 3 is 2.48 bits per heavy atom. The molecule has 3 aromatic rings. The number of hydrogen-bond acceptors (Lipinski definition) is 4. The normalized spacial score (nSPS) is 19.9. The number of rotatable bonds is 3. The van der Waals surface area contributed by atoms with E-state index in [1.54, 1.807) is 13.2 Å². The van der Waals surface area contributed by atoms with Gasteiger partial charge >= 0.3 is 0 Å². The maximum Gasteiger partial charge on any atom is 0.291 e. The van der Waals surface area contributed by atoms with Gasteiger partial charge < -0.3 is 9.47 Å². The highest BCUT2D eigenvalue weighted by Gasteiger charge is 2.31. The molecule has 164 valence electrons. The number of benzene rings is 1. The Morgan fingerprint density at radius 1 is 1.03 bits per heavy atom. The van der Waals surface area contributed by atoms with E-state index < -0.39 is 6.04 Å². The zero-order valence-electron chi connectivity index (χ0n) is 18.5. The van der Waals surface area contributed by atoms with Gasteiger partial charge in [-0.15, -0.1) is 0 Å². The first-order valence-corrected chi connectivity index (χ1v) is 11.5. The molecule has 0 N–H and O–H groups in total. The van der Waals surface area contributed by atoms with Gasteiger partial charge in [0.05, 0.1) is 11.7 Å². The van der Waals surface area contributed by atoms with Crippen molar-refractivity contribution in [1.29, 1.82) is 0 Å². The van der Waals surface area contributed by atoms with E-state index in [0.717, 1.165) is 42.5 Å². The SMILES string of the molecule is C[C@H](C(=O)N1CCN(C2CCCCC2)CC1)n1c2ccccc2c2cnn(C)c(=O)c21. The van der Waals surface area contributed by atoms with Crippen molar-refractivity contribution in [3.63, 3.8) is 0 Å². The lowest BCUT2D eigenvalue weighted by atomic mass is 9.94. The largest absolute Gasteiger partial charge is 0.338 e. The number of para-hydroxylation sites is 1. The molecule has 1 aromatic carbocycles. The molecule has 7 heteroatoms. The molecule has 7 nitrogen and oxygen atoms in total. The van der Waals surface area contributed by atoms with E-state index in [0.29, 0.717) is 11.6 Å². The number of nitrogens with zero attached hydrogens (tertiary/aromatic N) is 5. The van der Waals surface area contributed by atoms with Gasteiger partial charge in [-0.1, -0.05) is 37.5 Å². The zero-order valence-corrected chi connectivity index (χ0v) is 18.5. The highest BCUT2D eigenvalue weighted by atomic mass is 16.2. The first kappa shape index (κ1) is 20.2. The van der Waals surface area contributed by atoms with Crippen molar-refractivity contribution in [3.05, 3.63) is 40.8 Å². The van der Waals surface area contributed by atoms with Crippen molar-refractivity contribution in [1.82, 2.24) is 24.1 Å². The molecule has 1 saturated carbocycles. The van der Waals surface area contributed by atoms with Crippen LogP contribution in [-0.4, -0.2) is 62.3 Å². The van der Waals surface area contributed by atoms with Crippen LogP contribution in [0.1, 0.15) is 45.1 Å². The minimum atomic E-state index is -0.446. The number of piperazine rings is 1. The fourth-order valence-electron chi connectivity index (χ4n) is 5.52. The van der Waals surface area contributed by atoms with Gasteiger partial charge in [0.25, 0.3) is 5.56 Å². The molecule has 5 rings (SSSR count). The summed E-state index contributed by atoms with van der Waals surface area (Å²) in [4.78, 5) is 31.1. The second-order valence-electron chi connectivity index (χ2n) is 9.05. The molecule has 1 saturated heterocycles. The van der Waals surface area contributed by atoms with Crippen LogP contribution in [0.25, 0.3) is 21.8 Å². The van der Waals surface area contributed by atoms with Gasteiger partial charge in [0.2, 0.25) is 5.91 Å². The molecule has 1 atom stereocenters. The van der Waals surface area contributed by atoms with Crippen LogP contribution in [-0.2, 0) is 11.8 Å². The average molecular weight is 422 g/mol. The lowest BCUT2D eigenvalue weighted by Gasteiger charge is -2.41. The van der Waals surface area contributed by atoms with Crippen LogP contribution in [0.2, 0.25) is 0 Å². The third-order valence-corrected chi connectivity index (χ3v) is 7.27. The molecule has 0 unspecified atom stereocenters. The average Bonchev–Trinajstić information content (AvgIpc) is 3.16. The van der Waals surface area contributed by atoms with Crippen molar-refractivity contribution in [2.75, 3.05) is 26.2 Å². The van der Waals surface area contributed by atoms with E-state index in [-0.39, 0.29) is 11.5 Å². The van der Waals surface area contributed by atoms with E-state index in [9.17, 15) is 9.59 Å². The smallest absolute Gasteiger partial charge is 0.291 e. The molecular formula is C24H31N5O2. The van der Waals surface area contributed by atoms with Gasteiger partial charge in [-0.05, 0) is 25.8 Å². The van der Waals surface area contributed by atoms with Gasteiger partial charge in [0.15, 0.2) is 0 Å². The number of aryl methyl sites for hydroxylation is 1. The van der Waals surface area contributed by atoms with Crippen molar-refractivity contribution < 1.29 is 4.79 Å². The zero-order chi connectivity index (χ0) is 21.5. The number of aromatic nitrogens is 3. The van der Waals surface area contributed by atoms with Crippen LogP contribution < -0.4 is 5.56 Å². The molecule has 2 aromatic heterocycles. The van der Waals surface area contributed by atoms with Crippen molar-refractivity contribution in [3.8, 4) is 0 Å². The van der Waals surface area contributed by atoms with Gasteiger partial charge in [-0.25, -0.2) is 4.68 Å². The van der Waals surface area contributed by atoms with E-state index in [4.69, 9.17) is 0 Å². The second-order valence-corrected chi connectivity index (χ2v) is 9.05. The van der Waals surface area contributed by atoms with Crippen LogP contribution in [0.4, 0.5) is 0 Å². The molecule has 2 fully saturated rings. The van der Waals surface area contributed by atoms with Crippen LogP contribution in [0, 0.1) is 0 Å². The summed E-state index contributed by atoms with van der Waals surface area (Å²) in [5, 5.41) is 5.98. The summed E-state index contributed by atoms with van der Waals surface area (Å²) in [6, 6.07) is 8.14. The summed E-state index contributed by atoms with van der Waals surface area (Å²) in [7, 11) is 1.65. The topological polar surface area (TPSA) is 63.4 Å². The summed E-state index contributed by atoms with van der Waals surface area (Å²) < 4.78 is 3.27. The number of hydrogen-bond donors (Lipinski definition) is 0. The molecule has 2 aliphatic rings. The summed E-state index contributed by atoms with van der Waals surface area (Å²) in [6.45, 7) is 5.33. The first-order chi connectivity index (χ1) is 15.1. The highest BCUT2D eigenvalue weighted by molar-refractivity contribution is 6.08. The maximum atomic E-state index is 13.5. The minimum absolute atomic E-state index is 0.0878. The Hall–Kier alpha value is -2.67. The molecule has 1 amide bonds. The Bertz CT molecular complexity index is 1170. The van der Waals surface area contributed by atoms with Crippen LogP contribution in [0.15, 0.2) is 35.3 Å². The van der Waals surface area contributed by atoms with Crippen LogP contribution in [0.5, 0.6) is 0 Å². The third kappa shape index (κ3) is 3.45. The Morgan fingerprint density at radius 2 is 1.74 bits per heavy atom. The molecular weight excluding hydrogens is 390 g/mol. The van der Waals surface area contributed by atoms with Crippen molar-refractivity contribution in [2.45, 2.75) is 51.1 Å². The third-order valence-electron chi connectivity index (χ3n) is 7.27. The molecule has 1 aliphatic carbocycles. The van der Waals surface area contributed by atoms with Crippen molar-refractivity contribution >= 4 is 27.7 Å². The van der Waals surface area contributed by atoms with Crippen LogP contribution >= 0.6 is 0 Å². The van der Waals surface area contributed by atoms with Crippen LogP contribution in [0.3, 0.4) is 0 Å². The standard InChI is InChI=1S/C24H31N5O2/c1-17(23(30)28-14-12-27(13-15-28)18-8-4-3-5-9-18)29-21-11-7-6-10-19(21)20-16-25-26(2)24(31)22(20)29/h6-7,10-11,16-18H,3-5,8-9,12-15H2,1-2H3/t17-/m1/s1. The Kier molecular flexibility index (Phi) is 5.30. The van der Waals surface area contributed by atoms with E-state index in [1.165, 1.54) is 36.8 Å². The Labute approximate surface area is 182 Å². The number of amides is 1. The number of carbonyl (C=O) groups is 1. The van der Waals surface area contributed by atoms with E-state index >= 15 is 0 Å². The fraction of sp³-hybridized carbons (Fsp3) is 0.542. The van der Waals surface area contributed by atoms with Gasteiger partial charge in [0, 0.05) is 50.0 Å². The lowest BCUT2D eigenvalue weighted by molar-refractivity contribution is -0.136. The monoisotopic (exact) mass is 421 g/mol. The highest BCUT2D eigenvalue weighted by Crippen LogP contribution is 2.30. The molecule has 1 aliphatic heterocycles. The Balaban J connectivity index is 1.43. The van der Waals surface area contributed by atoms with Gasteiger partial charge in [-0.3, -0.25) is 14.5 Å². The second kappa shape index (κ2) is 8.11. The fourth-order valence-corrected chi connectivity index (χ4v) is 5.52. The predicted octanol–water partition coefficient (Wildman–Crippen LogP) is 2.93. The summed E-state index contributed by atoms with van der Waals surface area (Å²) in [5.74, 6) is 0.0878.